The molecule has 3 N–H and O–H groups in total. The van der Waals surface area contributed by atoms with Gasteiger partial charge in [0, 0.05) is 6.20 Å². The van der Waals surface area contributed by atoms with Crippen LogP contribution in [-0.2, 0) is 4.79 Å². The number of aromatic nitrogens is 2. The van der Waals surface area contributed by atoms with Gasteiger partial charge in [0.1, 0.15) is 0 Å². The van der Waals surface area contributed by atoms with Crippen LogP contribution in [0.2, 0.25) is 4.34 Å². The van der Waals surface area contributed by atoms with E-state index in [1.165, 1.54) is 17.5 Å². The molecule has 1 unspecified atom stereocenters. The molecular formula is C10H8ClN3O2S. The molecule has 5 nitrogen and oxygen atoms in total. The van der Waals surface area contributed by atoms with E-state index in [2.05, 4.69) is 9.97 Å². The van der Waals surface area contributed by atoms with Gasteiger partial charge in [-0.15, -0.1) is 11.3 Å². The van der Waals surface area contributed by atoms with E-state index < -0.39 is 12.0 Å². The molecule has 0 saturated carbocycles. The Morgan fingerprint density at radius 3 is 2.82 bits per heavy atom. The van der Waals surface area contributed by atoms with E-state index in [1.54, 1.807) is 12.1 Å². The zero-order valence-electron chi connectivity index (χ0n) is 8.50. The van der Waals surface area contributed by atoms with Gasteiger partial charge in [0.25, 0.3) is 0 Å². The molecule has 0 spiro atoms. The van der Waals surface area contributed by atoms with Crippen molar-refractivity contribution in [3.63, 3.8) is 0 Å². The fourth-order valence-corrected chi connectivity index (χ4v) is 2.24. The van der Waals surface area contributed by atoms with E-state index in [4.69, 9.17) is 22.4 Å². The first-order valence-electron chi connectivity index (χ1n) is 4.65. The fraction of sp³-hybridized carbons (Fsp3) is 0.100. The Kier molecular flexibility index (Phi) is 3.37. The second-order valence-electron chi connectivity index (χ2n) is 3.22. The van der Waals surface area contributed by atoms with E-state index in [0.29, 0.717) is 10.0 Å². The van der Waals surface area contributed by atoms with E-state index in [9.17, 15) is 4.79 Å². The molecule has 2 rings (SSSR count). The molecule has 2 aromatic heterocycles. The number of nitrogens with zero attached hydrogens (tertiary/aromatic N) is 2. The Morgan fingerprint density at radius 1 is 1.47 bits per heavy atom. The molecule has 0 fully saturated rings. The molecule has 88 valence electrons. The van der Waals surface area contributed by atoms with Crippen LogP contribution in [-0.4, -0.2) is 21.0 Å². The van der Waals surface area contributed by atoms with Gasteiger partial charge in [-0.3, -0.25) is 4.79 Å². The van der Waals surface area contributed by atoms with Gasteiger partial charge in [0.05, 0.1) is 14.9 Å². The van der Waals surface area contributed by atoms with Crippen molar-refractivity contribution in [3.8, 4) is 10.6 Å². The zero-order valence-corrected chi connectivity index (χ0v) is 10.1. The highest BCUT2D eigenvalue weighted by Gasteiger charge is 2.18. The Labute approximate surface area is 106 Å². The summed E-state index contributed by atoms with van der Waals surface area (Å²) < 4.78 is 0.641. The summed E-state index contributed by atoms with van der Waals surface area (Å²) in [5, 5.41) is 8.78. The molecular weight excluding hydrogens is 262 g/mol. The van der Waals surface area contributed by atoms with Crippen molar-refractivity contribution in [2.24, 2.45) is 5.73 Å². The van der Waals surface area contributed by atoms with Crippen molar-refractivity contribution in [1.82, 2.24) is 9.97 Å². The van der Waals surface area contributed by atoms with Crippen LogP contribution >= 0.6 is 22.9 Å². The van der Waals surface area contributed by atoms with Crippen LogP contribution in [0.15, 0.2) is 24.4 Å². The molecule has 0 amide bonds. The molecule has 0 aromatic carbocycles. The highest BCUT2D eigenvalue weighted by atomic mass is 35.5. The number of aliphatic carboxylic acids is 1. The lowest BCUT2D eigenvalue weighted by Gasteiger charge is -2.05. The molecule has 17 heavy (non-hydrogen) atoms. The number of nitrogens with two attached hydrogens (primary N) is 1. The summed E-state index contributed by atoms with van der Waals surface area (Å²) in [6, 6.07) is 4.02. The first-order chi connectivity index (χ1) is 8.08. The Morgan fingerprint density at radius 2 is 2.24 bits per heavy atom. The predicted molar refractivity (Wildman–Crippen MR) is 64.9 cm³/mol. The molecule has 2 heterocycles. The van der Waals surface area contributed by atoms with E-state index in [-0.39, 0.29) is 5.82 Å². The second-order valence-corrected chi connectivity index (χ2v) is 4.93. The number of carboxylic acids is 1. The van der Waals surface area contributed by atoms with Crippen LogP contribution in [0.4, 0.5) is 0 Å². The molecule has 0 radical (unpaired) electrons. The third kappa shape index (κ3) is 2.60. The average molecular weight is 270 g/mol. The topological polar surface area (TPSA) is 89.1 Å². The van der Waals surface area contributed by atoms with Gasteiger partial charge in [-0.25, -0.2) is 9.97 Å². The lowest BCUT2D eigenvalue weighted by Crippen LogP contribution is -2.23. The third-order valence-corrected chi connectivity index (χ3v) is 3.30. The summed E-state index contributed by atoms with van der Waals surface area (Å²) in [5.74, 6) is -1.08. The van der Waals surface area contributed by atoms with Crippen molar-refractivity contribution in [2.45, 2.75) is 6.04 Å². The smallest absolute Gasteiger partial charge is 0.328 e. The molecule has 2 aromatic rings. The van der Waals surface area contributed by atoms with Crippen LogP contribution in [0.1, 0.15) is 11.9 Å². The lowest BCUT2D eigenvalue weighted by atomic mass is 10.2. The summed E-state index contributed by atoms with van der Waals surface area (Å²) in [7, 11) is 0. The minimum Gasteiger partial charge on any atom is -0.480 e. The number of carboxylic acid groups (broad SMARTS) is 1. The Hall–Kier alpha value is -1.50. The van der Waals surface area contributed by atoms with Gasteiger partial charge < -0.3 is 10.8 Å². The maximum atomic E-state index is 10.7. The molecule has 0 saturated heterocycles. The Bertz CT molecular complexity index is 558. The summed E-state index contributed by atoms with van der Waals surface area (Å²) in [6.45, 7) is 0. The molecule has 7 heteroatoms. The van der Waals surface area contributed by atoms with E-state index >= 15 is 0 Å². The standard InChI is InChI=1S/C10H8ClN3O2S/c11-7-2-1-6(17-7)5-3-4-13-9(14-5)8(12)10(15)16/h1-4,8H,12H2,(H,15,16). The average Bonchev–Trinajstić information content (AvgIpc) is 2.75. The highest BCUT2D eigenvalue weighted by Crippen LogP contribution is 2.29. The normalized spacial score (nSPS) is 12.4. The maximum Gasteiger partial charge on any atom is 0.328 e. The zero-order chi connectivity index (χ0) is 12.4. The molecule has 0 aliphatic heterocycles. The fourth-order valence-electron chi connectivity index (χ4n) is 1.22. The molecule has 1 atom stereocenters. The number of halogens is 1. The molecule has 0 aliphatic carbocycles. The first kappa shape index (κ1) is 12.0. The quantitative estimate of drug-likeness (QED) is 0.889. The lowest BCUT2D eigenvalue weighted by molar-refractivity contribution is -0.138. The van der Waals surface area contributed by atoms with Crippen LogP contribution < -0.4 is 5.73 Å². The van der Waals surface area contributed by atoms with Crippen molar-refractivity contribution >= 4 is 28.9 Å². The SMILES string of the molecule is NC(C(=O)O)c1nccc(-c2ccc(Cl)s2)n1. The number of rotatable bonds is 3. The van der Waals surface area contributed by atoms with Crippen molar-refractivity contribution in [1.29, 1.82) is 0 Å². The van der Waals surface area contributed by atoms with Gasteiger partial charge >= 0.3 is 5.97 Å². The van der Waals surface area contributed by atoms with Gasteiger partial charge in [-0.1, -0.05) is 11.6 Å². The number of hydrogen-bond acceptors (Lipinski definition) is 5. The predicted octanol–water partition coefficient (Wildman–Crippen LogP) is 1.94. The second kappa shape index (κ2) is 4.79. The van der Waals surface area contributed by atoms with Gasteiger partial charge in [0.15, 0.2) is 11.9 Å². The number of carbonyl (C=O) groups is 1. The van der Waals surface area contributed by atoms with E-state index in [1.807, 2.05) is 6.07 Å². The summed E-state index contributed by atoms with van der Waals surface area (Å²) in [6.07, 6.45) is 1.48. The summed E-state index contributed by atoms with van der Waals surface area (Å²) in [4.78, 5) is 19.5. The van der Waals surface area contributed by atoms with Gasteiger partial charge in [0.2, 0.25) is 0 Å². The van der Waals surface area contributed by atoms with Crippen molar-refractivity contribution in [3.05, 3.63) is 34.6 Å². The minimum absolute atomic E-state index is 0.0829. The van der Waals surface area contributed by atoms with Crippen LogP contribution in [0, 0.1) is 0 Å². The third-order valence-electron chi connectivity index (χ3n) is 2.04. The number of hydrogen-bond donors (Lipinski definition) is 2. The van der Waals surface area contributed by atoms with Crippen LogP contribution in [0.5, 0.6) is 0 Å². The first-order valence-corrected chi connectivity index (χ1v) is 5.84. The van der Waals surface area contributed by atoms with E-state index in [0.717, 1.165) is 4.88 Å². The largest absolute Gasteiger partial charge is 0.480 e. The highest BCUT2D eigenvalue weighted by molar-refractivity contribution is 7.19. The maximum absolute atomic E-state index is 10.7. The summed E-state index contributed by atoms with van der Waals surface area (Å²) in [5.41, 5.74) is 6.06. The van der Waals surface area contributed by atoms with Crippen molar-refractivity contribution < 1.29 is 9.90 Å². The van der Waals surface area contributed by atoms with Crippen LogP contribution in [0.25, 0.3) is 10.6 Å². The molecule has 0 aliphatic rings. The minimum atomic E-state index is -1.22. The number of thiophene rings is 1. The summed E-state index contributed by atoms with van der Waals surface area (Å²) >= 11 is 7.18. The van der Waals surface area contributed by atoms with Gasteiger partial charge in [-0.2, -0.15) is 0 Å². The van der Waals surface area contributed by atoms with Crippen LogP contribution in [0.3, 0.4) is 0 Å². The van der Waals surface area contributed by atoms with Gasteiger partial charge in [-0.05, 0) is 18.2 Å². The Balaban J connectivity index is 2.38. The monoisotopic (exact) mass is 269 g/mol. The van der Waals surface area contributed by atoms with Crippen molar-refractivity contribution in [2.75, 3.05) is 0 Å². The molecule has 0 bridgehead atoms.